The molecule has 0 aliphatic carbocycles. The van der Waals surface area contributed by atoms with Crippen LogP contribution in [-0.2, 0) is 6.61 Å². The number of rotatable bonds is 3. The van der Waals surface area contributed by atoms with E-state index in [0.29, 0.717) is 11.4 Å². The van der Waals surface area contributed by atoms with Gasteiger partial charge in [0.2, 0.25) is 5.88 Å². The van der Waals surface area contributed by atoms with Crippen LogP contribution in [0.1, 0.15) is 5.56 Å². The van der Waals surface area contributed by atoms with Gasteiger partial charge in [-0.05, 0) is 44.0 Å². The zero-order chi connectivity index (χ0) is 12.3. The summed E-state index contributed by atoms with van der Waals surface area (Å²) >= 11 is 6.62. The molecule has 1 aromatic heterocycles. The van der Waals surface area contributed by atoms with E-state index in [2.05, 4.69) is 36.8 Å². The summed E-state index contributed by atoms with van der Waals surface area (Å²) in [4.78, 5) is 4.08. The van der Waals surface area contributed by atoms with Crippen molar-refractivity contribution >= 4 is 31.9 Å². The van der Waals surface area contributed by atoms with E-state index in [-0.39, 0.29) is 12.4 Å². The average Bonchev–Trinajstić information content (AvgIpc) is 2.30. The maximum atomic E-state index is 13.3. The van der Waals surface area contributed by atoms with E-state index in [4.69, 9.17) is 4.74 Å². The Hall–Kier alpha value is -0.940. The van der Waals surface area contributed by atoms with Gasteiger partial charge in [0.15, 0.2) is 0 Å². The van der Waals surface area contributed by atoms with Gasteiger partial charge in [-0.3, -0.25) is 0 Å². The highest BCUT2D eigenvalue weighted by molar-refractivity contribution is 9.11. The lowest BCUT2D eigenvalue weighted by atomic mass is 10.2. The lowest BCUT2D eigenvalue weighted by molar-refractivity contribution is 0.286. The van der Waals surface area contributed by atoms with Gasteiger partial charge in [-0.15, -0.1) is 0 Å². The lowest BCUT2D eigenvalue weighted by Gasteiger charge is -2.07. The Labute approximate surface area is 115 Å². The standard InChI is InChI=1S/C12H8Br2FNO/c13-9-5-10(14)12(16-6-9)17-7-8-3-1-2-4-11(8)15/h1-6H,7H2. The minimum Gasteiger partial charge on any atom is -0.472 e. The number of nitrogens with zero attached hydrogens (tertiary/aromatic N) is 1. The highest BCUT2D eigenvalue weighted by Gasteiger charge is 2.06. The summed E-state index contributed by atoms with van der Waals surface area (Å²) in [6, 6.07) is 8.33. The molecule has 88 valence electrons. The summed E-state index contributed by atoms with van der Waals surface area (Å²) in [5, 5.41) is 0. The first-order chi connectivity index (χ1) is 8.16. The molecular formula is C12H8Br2FNO. The van der Waals surface area contributed by atoms with Gasteiger partial charge in [-0.1, -0.05) is 18.2 Å². The highest BCUT2D eigenvalue weighted by atomic mass is 79.9. The van der Waals surface area contributed by atoms with E-state index in [9.17, 15) is 4.39 Å². The summed E-state index contributed by atoms with van der Waals surface area (Å²) in [5.74, 6) is 0.164. The number of aromatic nitrogens is 1. The van der Waals surface area contributed by atoms with Gasteiger partial charge in [0.25, 0.3) is 0 Å². The van der Waals surface area contributed by atoms with Gasteiger partial charge in [0.05, 0.1) is 4.47 Å². The van der Waals surface area contributed by atoms with E-state index in [1.807, 2.05) is 6.07 Å². The third kappa shape index (κ3) is 3.26. The van der Waals surface area contributed by atoms with Crippen LogP contribution in [0.4, 0.5) is 4.39 Å². The minimum atomic E-state index is -0.277. The molecule has 0 radical (unpaired) electrons. The normalized spacial score (nSPS) is 10.3. The largest absolute Gasteiger partial charge is 0.472 e. The monoisotopic (exact) mass is 359 g/mol. The van der Waals surface area contributed by atoms with Crippen molar-refractivity contribution in [3.05, 3.63) is 56.9 Å². The third-order valence-electron chi connectivity index (χ3n) is 2.10. The second kappa shape index (κ2) is 5.60. The molecule has 2 rings (SSSR count). The number of hydrogen-bond acceptors (Lipinski definition) is 2. The van der Waals surface area contributed by atoms with Crippen LogP contribution in [0.5, 0.6) is 5.88 Å². The van der Waals surface area contributed by atoms with Gasteiger partial charge in [-0.25, -0.2) is 9.37 Å². The summed E-state index contributed by atoms with van der Waals surface area (Å²) in [6.45, 7) is 0.153. The lowest BCUT2D eigenvalue weighted by Crippen LogP contribution is -2.00. The molecule has 2 nitrogen and oxygen atoms in total. The molecule has 1 aromatic carbocycles. The summed E-state index contributed by atoms with van der Waals surface area (Å²) in [7, 11) is 0. The minimum absolute atomic E-state index is 0.153. The molecule has 1 heterocycles. The molecule has 0 amide bonds. The van der Waals surface area contributed by atoms with Crippen LogP contribution < -0.4 is 4.74 Å². The van der Waals surface area contributed by atoms with Crippen LogP contribution in [0.15, 0.2) is 45.5 Å². The quantitative estimate of drug-likeness (QED) is 0.812. The van der Waals surface area contributed by atoms with Gasteiger partial charge < -0.3 is 4.74 Å². The van der Waals surface area contributed by atoms with Gasteiger partial charge in [0.1, 0.15) is 12.4 Å². The number of benzene rings is 1. The highest BCUT2D eigenvalue weighted by Crippen LogP contribution is 2.26. The Kier molecular flexibility index (Phi) is 4.12. The molecule has 0 atom stereocenters. The fourth-order valence-corrected chi connectivity index (χ4v) is 2.37. The fraction of sp³-hybridized carbons (Fsp3) is 0.0833. The Bertz CT molecular complexity index is 534. The SMILES string of the molecule is Fc1ccccc1COc1ncc(Br)cc1Br. The van der Waals surface area contributed by atoms with E-state index < -0.39 is 0 Å². The second-order valence-electron chi connectivity index (χ2n) is 3.32. The van der Waals surface area contributed by atoms with Crippen molar-refractivity contribution in [1.82, 2.24) is 4.98 Å². The second-order valence-corrected chi connectivity index (χ2v) is 5.09. The van der Waals surface area contributed by atoms with Crippen molar-refractivity contribution in [3.63, 3.8) is 0 Å². The van der Waals surface area contributed by atoms with E-state index in [1.54, 1.807) is 24.4 Å². The Morgan fingerprint density at radius 1 is 1.24 bits per heavy atom. The van der Waals surface area contributed by atoms with Crippen molar-refractivity contribution in [2.24, 2.45) is 0 Å². The van der Waals surface area contributed by atoms with E-state index in [1.165, 1.54) is 6.07 Å². The molecule has 0 aliphatic heterocycles. The van der Waals surface area contributed by atoms with E-state index >= 15 is 0 Å². The van der Waals surface area contributed by atoms with Crippen molar-refractivity contribution in [3.8, 4) is 5.88 Å². The molecule has 0 spiro atoms. The maximum Gasteiger partial charge on any atom is 0.228 e. The van der Waals surface area contributed by atoms with Crippen molar-refractivity contribution in [2.75, 3.05) is 0 Å². The zero-order valence-corrected chi connectivity index (χ0v) is 11.8. The topological polar surface area (TPSA) is 22.1 Å². The smallest absolute Gasteiger partial charge is 0.228 e. The predicted octanol–water partition coefficient (Wildman–Crippen LogP) is 4.32. The molecule has 0 unspecified atom stereocenters. The Morgan fingerprint density at radius 3 is 2.71 bits per heavy atom. The molecule has 2 aromatic rings. The first kappa shape index (κ1) is 12.5. The summed E-state index contributed by atoms with van der Waals surface area (Å²) < 4.78 is 20.4. The molecule has 17 heavy (non-hydrogen) atoms. The molecule has 0 N–H and O–H groups in total. The molecule has 0 saturated heterocycles. The van der Waals surface area contributed by atoms with Gasteiger partial charge in [0, 0.05) is 16.2 Å². The van der Waals surface area contributed by atoms with Crippen LogP contribution in [0.25, 0.3) is 0 Å². The number of pyridine rings is 1. The van der Waals surface area contributed by atoms with Crippen molar-refractivity contribution in [2.45, 2.75) is 6.61 Å². The Morgan fingerprint density at radius 2 is 2.00 bits per heavy atom. The third-order valence-corrected chi connectivity index (χ3v) is 3.10. The molecule has 0 fully saturated rings. The molecular weight excluding hydrogens is 353 g/mol. The average molecular weight is 361 g/mol. The number of hydrogen-bond donors (Lipinski definition) is 0. The molecule has 0 saturated carbocycles. The van der Waals surface area contributed by atoms with Crippen LogP contribution in [0.2, 0.25) is 0 Å². The van der Waals surface area contributed by atoms with Crippen LogP contribution in [-0.4, -0.2) is 4.98 Å². The molecule has 0 bridgehead atoms. The van der Waals surface area contributed by atoms with Crippen LogP contribution >= 0.6 is 31.9 Å². The number of ether oxygens (including phenoxy) is 1. The molecule has 5 heteroatoms. The van der Waals surface area contributed by atoms with Crippen LogP contribution in [0, 0.1) is 5.82 Å². The summed E-state index contributed by atoms with van der Waals surface area (Å²) in [5.41, 5.74) is 0.504. The summed E-state index contributed by atoms with van der Waals surface area (Å²) in [6.07, 6.45) is 1.63. The van der Waals surface area contributed by atoms with Gasteiger partial charge in [-0.2, -0.15) is 0 Å². The first-order valence-corrected chi connectivity index (χ1v) is 6.42. The first-order valence-electron chi connectivity index (χ1n) is 4.84. The fourth-order valence-electron chi connectivity index (χ4n) is 1.27. The van der Waals surface area contributed by atoms with Crippen LogP contribution in [0.3, 0.4) is 0 Å². The maximum absolute atomic E-state index is 13.3. The Balaban J connectivity index is 2.10. The zero-order valence-electron chi connectivity index (χ0n) is 8.66. The predicted molar refractivity (Wildman–Crippen MR) is 70.4 cm³/mol. The number of halogens is 3. The van der Waals surface area contributed by atoms with Gasteiger partial charge >= 0.3 is 0 Å². The van der Waals surface area contributed by atoms with E-state index in [0.717, 1.165) is 8.95 Å². The molecule has 0 aliphatic rings. The van der Waals surface area contributed by atoms with Crippen molar-refractivity contribution < 1.29 is 9.13 Å². The van der Waals surface area contributed by atoms with Crippen molar-refractivity contribution in [1.29, 1.82) is 0 Å².